The van der Waals surface area contributed by atoms with Crippen LogP contribution in [0.1, 0.15) is 13.8 Å². The Balaban J connectivity index is 1.54. The predicted molar refractivity (Wildman–Crippen MR) is 80.7 cm³/mol. The molecule has 2 aliphatic rings. The Bertz CT molecular complexity index is 474. The van der Waals surface area contributed by atoms with E-state index >= 15 is 0 Å². The van der Waals surface area contributed by atoms with E-state index < -0.39 is 0 Å². The zero-order valence-corrected chi connectivity index (χ0v) is 12.2. The van der Waals surface area contributed by atoms with Crippen molar-refractivity contribution < 1.29 is 4.79 Å². The van der Waals surface area contributed by atoms with E-state index in [-0.39, 0.29) is 6.03 Å². The average molecular weight is 273 g/mol. The number of carbonyl (C=O) groups excluding carboxylic acids is 1. The molecule has 2 atom stereocenters. The summed E-state index contributed by atoms with van der Waals surface area (Å²) in [6.07, 6.45) is 0. The number of rotatable bonds is 3. The Morgan fingerprint density at radius 2 is 2.00 bits per heavy atom. The van der Waals surface area contributed by atoms with Gasteiger partial charge in [-0.25, -0.2) is 4.79 Å². The molecule has 0 saturated carbocycles. The third kappa shape index (κ3) is 2.66. The molecule has 0 radical (unpaired) electrons. The van der Waals surface area contributed by atoms with Crippen LogP contribution in [0.3, 0.4) is 0 Å². The topological polar surface area (TPSA) is 35.6 Å². The molecule has 0 unspecified atom stereocenters. The summed E-state index contributed by atoms with van der Waals surface area (Å²) in [5.74, 6) is 1.37. The highest BCUT2D eigenvalue weighted by Crippen LogP contribution is 2.33. The van der Waals surface area contributed by atoms with Crippen LogP contribution in [0.15, 0.2) is 30.3 Å². The van der Waals surface area contributed by atoms with Crippen molar-refractivity contribution in [3.63, 3.8) is 0 Å². The van der Waals surface area contributed by atoms with E-state index in [9.17, 15) is 4.79 Å². The van der Waals surface area contributed by atoms with Gasteiger partial charge in [0.2, 0.25) is 0 Å². The van der Waals surface area contributed by atoms with Crippen LogP contribution in [0.25, 0.3) is 0 Å². The van der Waals surface area contributed by atoms with E-state index in [2.05, 4.69) is 24.1 Å². The molecule has 1 N–H and O–H groups in total. The molecule has 20 heavy (non-hydrogen) atoms. The quantitative estimate of drug-likeness (QED) is 0.918. The number of benzene rings is 1. The van der Waals surface area contributed by atoms with Crippen molar-refractivity contribution in [1.82, 2.24) is 9.80 Å². The fraction of sp³-hybridized carbons (Fsp3) is 0.562. The Labute approximate surface area is 120 Å². The molecular formula is C16H23N3O. The lowest BCUT2D eigenvalue weighted by Gasteiger charge is -2.44. The molecule has 2 amide bonds. The van der Waals surface area contributed by atoms with Crippen LogP contribution in [0.2, 0.25) is 0 Å². The van der Waals surface area contributed by atoms with Gasteiger partial charge in [-0.1, -0.05) is 32.0 Å². The number of anilines is 1. The van der Waals surface area contributed by atoms with Crippen molar-refractivity contribution in [3.8, 4) is 0 Å². The maximum absolute atomic E-state index is 12.3. The van der Waals surface area contributed by atoms with Crippen molar-refractivity contribution in [3.05, 3.63) is 30.3 Å². The van der Waals surface area contributed by atoms with Crippen molar-refractivity contribution >= 4 is 11.7 Å². The Morgan fingerprint density at radius 3 is 2.70 bits per heavy atom. The van der Waals surface area contributed by atoms with Crippen LogP contribution >= 0.6 is 0 Å². The molecular weight excluding hydrogens is 250 g/mol. The van der Waals surface area contributed by atoms with Crippen LogP contribution < -0.4 is 5.32 Å². The van der Waals surface area contributed by atoms with Gasteiger partial charge in [-0.15, -0.1) is 0 Å². The first-order valence-corrected chi connectivity index (χ1v) is 7.48. The summed E-state index contributed by atoms with van der Waals surface area (Å²) >= 11 is 0. The monoisotopic (exact) mass is 273 g/mol. The number of nitrogens with zero attached hydrogens (tertiary/aromatic N) is 2. The predicted octanol–water partition coefficient (Wildman–Crippen LogP) is 2.49. The molecule has 2 aliphatic heterocycles. The average Bonchev–Trinajstić information content (AvgIpc) is 2.75. The minimum absolute atomic E-state index is 0.0371. The molecule has 1 aromatic carbocycles. The van der Waals surface area contributed by atoms with E-state index in [1.807, 2.05) is 35.2 Å². The Hall–Kier alpha value is -1.55. The lowest BCUT2D eigenvalue weighted by molar-refractivity contribution is 0.0403. The Morgan fingerprint density at radius 1 is 1.25 bits per heavy atom. The molecule has 2 fully saturated rings. The third-order valence-corrected chi connectivity index (χ3v) is 4.26. The van der Waals surface area contributed by atoms with Gasteiger partial charge >= 0.3 is 6.03 Å². The minimum Gasteiger partial charge on any atom is -0.323 e. The number of amides is 2. The summed E-state index contributed by atoms with van der Waals surface area (Å²) in [5.41, 5.74) is 0.871. The van der Waals surface area contributed by atoms with Gasteiger partial charge in [0, 0.05) is 43.8 Å². The largest absolute Gasteiger partial charge is 0.323 e. The summed E-state index contributed by atoms with van der Waals surface area (Å²) in [7, 11) is 0. The number of nitrogens with one attached hydrogen (secondary N) is 1. The van der Waals surface area contributed by atoms with E-state index in [0.29, 0.717) is 17.9 Å². The molecule has 0 spiro atoms. The molecule has 4 heteroatoms. The first kappa shape index (κ1) is 13.4. The fourth-order valence-electron chi connectivity index (χ4n) is 3.31. The molecule has 0 aliphatic carbocycles. The highest BCUT2D eigenvalue weighted by molar-refractivity contribution is 5.89. The highest BCUT2D eigenvalue weighted by Gasteiger charge is 2.46. The minimum atomic E-state index is 0.0371. The Kier molecular flexibility index (Phi) is 3.66. The standard InChI is InChI=1S/C16H23N3O/c1-12(2)8-18-9-13-10-19(11-15(13)18)16(20)17-14-6-4-3-5-7-14/h3-7,12-13,15H,8-11H2,1-2H3,(H,17,20)/t13-,15+/m1/s1. The van der Waals surface area contributed by atoms with E-state index in [1.165, 1.54) is 0 Å². The van der Waals surface area contributed by atoms with Crippen molar-refractivity contribution in [2.24, 2.45) is 11.8 Å². The first-order valence-electron chi connectivity index (χ1n) is 7.48. The second-order valence-corrected chi connectivity index (χ2v) is 6.38. The fourth-order valence-corrected chi connectivity index (χ4v) is 3.31. The van der Waals surface area contributed by atoms with Crippen LogP contribution in [-0.4, -0.2) is 48.1 Å². The lowest BCUT2D eigenvalue weighted by atomic mass is 9.91. The van der Waals surface area contributed by atoms with Gasteiger partial charge in [0.05, 0.1) is 0 Å². The number of urea groups is 1. The molecule has 4 nitrogen and oxygen atoms in total. The van der Waals surface area contributed by atoms with Gasteiger partial charge < -0.3 is 10.2 Å². The summed E-state index contributed by atoms with van der Waals surface area (Å²) < 4.78 is 0. The van der Waals surface area contributed by atoms with Crippen LogP contribution in [-0.2, 0) is 0 Å². The molecule has 2 saturated heterocycles. The maximum Gasteiger partial charge on any atom is 0.321 e. The second kappa shape index (κ2) is 5.44. The molecule has 3 rings (SSSR count). The van der Waals surface area contributed by atoms with E-state index in [1.54, 1.807) is 0 Å². The maximum atomic E-state index is 12.3. The number of para-hydroxylation sites is 1. The molecule has 2 heterocycles. The van der Waals surface area contributed by atoms with Gasteiger partial charge in [0.15, 0.2) is 0 Å². The van der Waals surface area contributed by atoms with E-state index in [0.717, 1.165) is 31.9 Å². The van der Waals surface area contributed by atoms with Gasteiger partial charge in [-0.05, 0) is 18.1 Å². The van der Waals surface area contributed by atoms with Crippen LogP contribution in [0, 0.1) is 11.8 Å². The van der Waals surface area contributed by atoms with Gasteiger partial charge in [0.1, 0.15) is 0 Å². The molecule has 0 bridgehead atoms. The van der Waals surface area contributed by atoms with Gasteiger partial charge in [-0.3, -0.25) is 4.90 Å². The number of hydrogen-bond donors (Lipinski definition) is 1. The summed E-state index contributed by atoms with van der Waals surface area (Å²) in [5, 5.41) is 2.98. The number of hydrogen-bond acceptors (Lipinski definition) is 2. The highest BCUT2D eigenvalue weighted by atomic mass is 16.2. The SMILES string of the molecule is CC(C)CN1C[C@@H]2CN(C(=O)Nc3ccccc3)C[C@@H]21. The van der Waals surface area contributed by atoms with Gasteiger partial charge in [0.25, 0.3) is 0 Å². The zero-order chi connectivity index (χ0) is 14.1. The van der Waals surface area contributed by atoms with Crippen molar-refractivity contribution in [1.29, 1.82) is 0 Å². The van der Waals surface area contributed by atoms with Crippen molar-refractivity contribution in [2.45, 2.75) is 19.9 Å². The number of fused-ring (bicyclic) bond motifs is 1. The number of carbonyl (C=O) groups is 1. The zero-order valence-electron chi connectivity index (χ0n) is 12.2. The van der Waals surface area contributed by atoms with Gasteiger partial charge in [-0.2, -0.15) is 0 Å². The third-order valence-electron chi connectivity index (χ3n) is 4.26. The summed E-state index contributed by atoms with van der Waals surface area (Å²) in [6.45, 7) is 8.57. The molecule has 108 valence electrons. The summed E-state index contributed by atoms with van der Waals surface area (Å²) in [4.78, 5) is 16.7. The summed E-state index contributed by atoms with van der Waals surface area (Å²) in [6, 6.07) is 10.3. The second-order valence-electron chi connectivity index (χ2n) is 6.38. The van der Waals surface area contributed by atoms with Crippen molar-refractivity contribution in [2.75, 3.05) is 31.5 Å². The normalized spacial score (nSPS) is 25.4. The van der Waals surface area contributed by atoms with E-state index in [4.69, 9.17) is 0 Å². The lowest BCUT2D eigenvalue weighted by Crippen LogP contribution is -2.56. The van der Waals surface area contributed by atoms with Crippen LogP contribution in [0.5, 0.6) is 0 Å². The van der Waals surface area contributed by atoms with Crippen LogP contribution in [0.4, 0.5) is 10.5 Å². The number of likely N-dealkylation sites (tertiary alicyclic amines) is 2. The smallest absolute Gasteiger partial charge is 0.321 e. The molecule has 0 aromatic heterocycles. The molecule has 1 aromatic rings. The first-order chi connectivity index (χ1) is 9.63.